The summed E-state index contributed by atoms with van der Waals surface area (Å²) in [6.07, 6.45) is 1.69. The van der Waals surface area contributed by atoms with Crippen molar-refractivity contribution in [3.8, 4) is 5.75 Å². The van der Waals surface area contributed by atoms with Crippen molar-refractivity contribution in [2.24, 2.45) is 11.0 Å². The Morgan fingerprint density at radius 2 is 1.82 bits per heavy atom. The normalized spacial score (nSPS) is 10.9. The first kappa shape index (κ1) is 15.8. The van der Waals surface area contributed by atoms with Crippen LogP contribution < -0.4 is 10.2 Å². The molecule has 2 aromatic rings. The Balaban J connectivity index is 2.04. The van der Waals surface area contributed by atoms with Crippen molar-refractivity contribution in [2.75, 3.05) is 0 Å². The maximum Gasteiger partial charge on any atom is 0.275 e. The number of carbonyl (C=O) groups excluding carboxylic acids is 1. The van der Waals surface area contributed by atoms with Gasteiger partial charge in [-0.15, -0.1) is 0 Å². The van der Waals surface area contributed by atoms with Gasteiger partial charge < -0.3 is 4.74 Å². The predicted molar refractivity (Wildman–Crippen MR) is 88.0 cm³/mol. The van der Waals surface area contributed by atoms with Crippen LogP contribution in [0, 0.1) is 5.92 Å². The molecule has 0 unspecified atom stereocenters. The molecule has 0 saturated carbocycles. The first-order chi connectivity index (χ1) is 10.7. The quantitative estimate of drug-likeness (QED) is 0.653. The van der Waals surface area contributed by atoms with Crippen LogP contribution in [0.2, 0.25) is 0 Å². The summed E-state index contributed by atoms with van der Waals surface area (Å²) in [4.78, 5) is 12.2. The van der Waals surface area contributed by atoms with E-state index < -0.39 is 0 Å². The molecule has 0 aromatic heterocycles. The number of hydrogen-bond acceptors (Lipinski definition) is 3. The summed E-state index contributed by atoms with van der Waals surface area (Å²) in [6.45, 7) is 4.40. The number of hydrogen-bond donors (Lipinski definition) is 1. The SMILES string of the molecule is CC(C)C=NNC(=O)c1ccccc1OCc1ccccc1. The molecule has 2 rings (SSSR count). The van der Waals surface area contributed by atoms with Gasteiger partial charge in [0, 0.05) is 6.21 Å². The van der Waals surface area contributed by atoms with Crippen molar-refractivity contribution in [1.29, 1.82) is 0 Å². The van der Waals surface area contributed by atoms with E-state index >= 15 is 0 Å². The molecule has 0 aliphatic carbocycles. The zero-order valence-electron chi connectivity index (χ0n) is 12.8. The lowest BCUT2D eigenvalue weighted by Gasteiger charge is -2.10. The molecule has 0 bridgehead atoms. The molecule has 0 radical (unpaired) electrons. The summed E-state index contributed by atoms with van der Waals surface area (Å²) in [5.74, 6) is 0.550. The minimum absolute atomic E-state index is 0.277. The standard InChI is InChI=1S/C18H20N2O2/c1-14(2)12-19-20-18(21)16-10-6-7-11-17(16)22-13-15-8-4-3-5-9-15/h3-12,14H,13H2,1-2H3,(H,20,21). The van der Waals surface area contributed by atoms with Gasteiger partial charge in [-0.1, -0.05) is 56.3 Å². The smallest absolute Gasteiger partial charge is 0.275 e. The Kier molecular flexibility index (Phi) is 5.72. The summed E-state index contributed by atoms with van der Waals surface area (Å²) in [6, 6.07) is 17.0. The minimum Gasteiger partial charge on any atom is -0.488 e. The monoisotopic (exact) mass is 296 g/mol. The molecule has 0 heterocycles. The van der Waals surface area contributed by atoms with Crippen molar-refractivity contribution in [2.45, 2.75) is 20.5 Å². The van der Waals surface area contributed by atoms with Gasteiger partial charge in [0.25, 0.3) is 5.91 Å². The van der Waals surface area contributed by atoms with Gasteiger partial charge in [0.1, 0.15) is 12.4 Å². The number of carbonyl (C=O) groups is 1. The third kappa shape index (κ3) is 4.74. The fourth-order valence-electron chi connectivity index (χ4n) is 1.82. The first-order valence-corrected chi connectivity index (χ1v) is 7.26. The lowest BCUT2D eigenvalue weighted by Crippen LogP contribution is -2.19. The largest absolute Gasteiger partial charge is 0.488 e. The van der Waals surface area contributed by atoms with Gasteiger partial charge in [-0.05, 0) is 23.6 Å². The molecule has 114 valence electrons. The van der Waals surface area contributed by atoms with Crippen molar-refractivity contribution < 1.29 is 9.53 Å². The summed E-state index contributed by atoms with van der Waals surface area (Å²) in [5, 5.41) is 3.93. The Hall–Kier alpha value is -2.62. The molecular formula is C18H20N2O2. The highest BCUT2D eigenvalue weighted by Crippen LogP contribution is 2.19. The number of hydrazone groups is 1. The molecule has 0 spiro atoms. The number of benzene rings is 2. The van der Waals surface area contributed by atoms with Gasteiger partial charge in [-0.3, -0.25) is 4.79 Å². The van der Waals surface area contributed by atoms with Crippen LogP contribution in [0.5, 0.6) is 5.75 Å². The zero-order chi connectivity index (χ0) is 15.8. The molecule has 1 N–H and O–H groups in total. The van der Waals surface area contributed by atoms with E-state index in [1.807, 2.05) is 50.2 Å². The second-order valence-corrected chi connectivity index (χ2v) is 5.23. The van der Waals surface area contributed by atoms with E-state index in [0.717, 1.165) is 5.56 Å². The van der Waals surface area contributed by atoms with Crippen molar-refractivity contribution >= 4 is 12.1 Å². The van der Waals surface area contributed by atoms with Crippen LogP contribution in [0.4, 0.5) is 0 Å². The van der Waals surface area contributed by atoms with Crippen LogP contribution in [-0.2, 0) is 6.61 Å². The van der Waals surface area contributed by atoms with Gasteiger partial charge in [-0.2, -0.15) is 5.10 Å². The van der Waals surface area contributed by atoms with Gasteiger partial charge in [0.15, 0.2) is 0 Å². The highest BCUT2D eigenvalue weighted by atomic mass is 16.5. The fraction of sp³-hybridized carbons (Fsp3) is 0.222. The van der Waals surface area contributed by atoms with Crippen LogP contribution in [0.25, 0.3) is 0 Å². The van der Waals surface area contributed by atoms with Crippen LogP contribution in [-0.4, -0.2) is 12.1 Å². The molecule has 4 nitrogen and oxygen atoms in total. The van der Waals surface area contributed by atoms with E-state index in [4.69, 9.17) is 4.74 Å². The Morgan fingerprint density at radius 1 is 1.14 bits per heavy atom. The van der Waals surface area contributed by atoms with Gasteiger partial charge in [-0.25, -0.2) is 5.43 Å². The van der Waals surface area contributed by atoms with E-state index in [-0.39, 0.29) is 11.8 Å². The molecule has 4 heteroatoms. The van der Waals surface area contributed by atoms with Crippen molar-refractivity contribution in [3.63, 3.8) is 0 Å². The number of ether oxygens (including phenoxy) is 1. The van der Waals surface area contributed by atoms with E-state index in [1.54, 1.807) is 24.4 Å². The first-order valence-electron chi connectivity index (χ1n) is 7.26. The Labute approximate surface area is 130 Å². The molecular weight excluding hydrogens is 276 g/mol. The molecule has 2 aromatic carbocycles. The number of amides is 1. The predicted octanol–water partition coefficient (Wildman–Crippen LogP) is 3.64. The molecule has 0 atom stereocenters. The van der Waals surface area contributed by atoms with Crippen molar-refractivity contribution in [3.05, 3.63) is 65.7 Å². The van der Waals surface area contributed by atoms with Crippen LogP contribution in [0.1, 0.15) is 29.8 Å². The summed E-state index contributed by atoms with van der Waals surface area (Å²) < 4.78 is 5.76. The average Bonchev–Trinajstić information content (AvgIpc) is 2.54. The number of nitrogens with zero attached hydrogens (tertiary/aromatic N) is 1. The molecule has 0 saturated heterocycles. The van der Waals surface area contributed by atoms with Crippen LogP contribution in [0.3, 0.4) is 0 Å². The summed E-state index contributed by atoms with van der Waals surface area (Å²) in [5.41, 5.74) is 4.04. The van der Waals surface area contributed by atoms with E-state index in [0.29, 0.717) is 17.9 Å². The molecule has 0 aliphatic rings. The maximum absolute atomic E-state index is 12.2. The topological polar surface area (TPSA) is 50.7 Å². The van der Waals surface area contributed by atoms with Gasteiger partial charge >= 0.3 is 0 Å². The Morgan fingerprint density at radius 3 is 2.55 bits per heavy atom. The fourth-order valence-corrected chi connectivity index (χ4v) is 1.82. The van der Waals surface area contributed by atoms with E-state index in [9.17, 15) is 4.79 Å². The third-order valence-electron chi connectivity index (χ3n) is 2.91. The summed E-state index contributed by atoms with van der Waals surface area (Å²) >= 11 is 0. The van der Waals surface area contributed by atoms with Crippen molar-refractivity contribution in [1.82, 2.24) is 5.43 Å². The highest BCUT2D eigenvalue weighted by molar-refractivity contribution is 5.97. The lowest BCUT2D eigenvalue weighted by atomic mass is 10.2. The second kappa shape index (κ2) is 7.98. The van der Waals surface area contributed by atoms with Crippen LogP contribution >= 0.6 is 0 Å². The maximum atomic E-state index is 12.2. The summed E-state index contributed by atoms with van der Waals surface area (Å²) in [7, 11) is 0. The average molecular weight is 296 g/mol. The minimum atomic E-state index is -0.277. The van der Waals surface area contributed by atoms with Crippen LogP contribution in [0.15, 0.2) is 59.7 Å². The molecule has 0 aliphatic heterocycles. The highest BCUT2D eigenvalue weighted by Gasteiger charge is 2.11. The zero-order valence-corrected chi connectivity index (χ0v) is 12.8. The Bertz CT molecular complexity index is 637. The number of rotatable bonds is 6. The number of nitrogens with one attached hydrogen (secondary N) is 1. The molecule has 0 fully saturated rings. The second-order valence-electron chi connectivity index (χ2n) is 5.23. The van der Waals surface area contributed by atoms with E-state index in [1.165, 1.54) is 0 Å². The molecule has 1 amide bonds. The van der Waals surface area contributed by atoms with E-state index in [2.05, 4.69) is 10.5 Å². The molecule has 22 heavy (non-hydrogen) atoms. The number of para-hydroxylation sites is 1. The van der Waals surface area contributed by atoms with Gasteiger partial charge in [0.05, 0.1) is 5.56 Å². The lowest BCUT2D eigenvalue weighted by molar-refractivity contribution is 0.0950. The van der Waals surface area contributed by atoms with Gasteiger partial charge in [0.2, 0.25) is 0 Å². The third-order valence-corrected chi connectivity index (χ3v) is 2.91.